The van der Waals surface area contributed by atoms with Crippen molar-refractivity contribution in [3.8, 4) is 11.5 Å². The number of likely N-dealkylation sites (tertiary alicyclic amines) is 1. The molecule has 0 aromatic heterocycles. The van der Waals surface area contributed by atoms with E-state index in [1.165, 1.54) is 12.8 Å². The minimum atomic E-state index is -0.0767. The molecule has 244 valence electrons. The second-order valence-corrected chi connectivity index (χ2v) is 12.4. The monoisotopic (exact) mass is 626 g/mol. The molecule has 0 spiro atoms. The van der Waals surface area contributed by atoms with Gasteiger partial charge in [-0.3, -0.25) is 14.5 Å². The first kappa shape index (κ1) is 31.9. The van der Waals surface area contributed by atoms with Crippen molar-refractivity contribution in [1.82, 2.24) is 14.7 Å². The molecule has 0 saturated carbocycles. The Kier molecular flexibility index (Phi) is 10.4. The van der Waals surface area contributed by atoms with Crippen molar-refractivity contribution in [1.29, 1.82) is 0 Å². The average Bonchev–Trinajstić information content (AvgIpc) is 3.60. The van der Waals surface area contributed by atoms with Gasteiger partial charge in [0.2, 0.25) is 0 Å². The minimum absolute atomic E-state index is 0.0567. The number of likely N-dealkylation sites (N-methyl/N-ethyl adjacent to an activating group) is 1. The van der Waals surface area contributed by atoms with Gasteiger partial charge in [-0.1, -0.05) is 12.1 Å². The number of carbonyl (C=O) groups excluding carboxylic acids is 2. The van der Waals surface area contributed by atoms with Crippen molar-refractivity contribution in [3.63, 3.8) is 0 Å². The summed E-state index contributed by atoms with van der Waals surface area (Å²) in [7, 11) is 1.80. The van der Waals surface area contributed by atoms with E-state index in [0.29, 0.717) is 63.6 Å². The number of fused-ring (bicyclic) bond motifs is 3. The van der Waals surface area contributed by atoms with Crippen LogP contribution in [0.15, 0.2) is 60.7 Å². The fraction of sp³-hybridized carbons (Fsp3) is 0.459. The summed E-state index contributed by atoms with van der Waals surface area (Å²) in [6.45, 7) is 10.1. The Morgan fingerprint density at radius 2 is 1.70 bits per heavy atom. The van der Waals surface area contributed by atoms with Crippen molar-refractivity contribution >= 4 is 17.5 Å². The molecular formula is C37H46N4O5. The molecule has 9 heteroatoms. The number of benzene rings is 3. The first-order chi connectivity index (χ1) is 22.5. The number of anilines is 1. The Bertz CT molecular complexity index is 1520. The van der Waals surface area contributed by atoms with Crippen molar-refractivity contribution in [2.24, 2.45) is 0 Å². The molecule has 2 saturated heterocycles. The third kappa shape index (κ3) is 7.65. The lowest BCUT2D eigenvalue weighted by Crippen LogP contribution is -2.41. The maximum absolute atomic E-state index is 14.1. The summed E-state index contributed by atoms with van der Waals surface area (Å²) in [5.41, 5.74) is 5.53. The fourth-order valence-corrected chi connectivity index (χ4v) is 6.57. The van der Waals surface area contributed by atoms with E-state index in [9.17, 15) is 9.59 Å². The van der Waals surface area contributed by atoms with Gasteiger partial charge in [0, 0.05) is 74.1 Å². The highest BCUT2D eigenvalue weighted by Gasteiger charge is 2.23. The van der Waals surface area contributed by atoms with E-state index in [0.717, 1.165) is 66.6 Å². The quantitative estimate of drug-likeness (QED) is 0.392. The normalized spacial score (nSPS) is 18.1. The van der Waals surface area contributed by atoms with Gasteiger partial charge in [-0.15, -0.1) is 0 Å². The largest absolute Gasteiger partial charge is 0.494 e. The smallest absolute Gasteiger partial charge is 0.254 e. The number of carbonyl (C=O) groups is 2. The predicted octanol–water partition coefficient (Wildman–Crippen LogP) is 4.72. The molecular weight excluding hydrogens is 580 g/mol. The number of morpholine rings is 1. The van der Waals surface area contributed by atoms with E-state index in [-0.39, 0.29) is 11.8 Å². The van der Waals surface area contributed by atoms with E-state index in [4.69, 9.17) is 14.2 Å². The standard InChI is InChI=1S/C37H46N4O5/c1-3-45-35-11-9-30(25-32(35)27-39-13-4-5-14-39)37(43)41-16-15-38(2)36(42)29-8-6-7-28(23-29)24-31-26-33(40-17-20-44-21-18-40)10-12-34(31)46-22-19-41/h6-12,23,25-26H,3-5,13-22,24,27H2,1-2H3. The molecule has 0 radical (unpaired) electrons. The van der Waals surface area contributed by atoms with Crippen LogP contribution >= 0.6 is 0 Å². The zero-order valence-corrected chi connectivity index (χ0v) is 27.2. The van der Waals surface area contributed by atoms with Crippen LogP contribution in [0.5, 0.6) is 11.5 Å². The lowest BCUT2D eigenvalue weighted by molar-refractivity contribution is 0.0668. The summed E-state index contributed by atoms with van der Waals surface area (Å²) < 4.78 is 17.9. The summed E-state index contributed by atoms with van der Waals surface area (Å²) in [4.78, 5) is 35.9. The first-order valence-corrected chi connectivity index (χ1v) is 16.7. The number of rotatable bonds is 6. The number of ether oxygens (including phenoxy) is 3. The molecule has 0 unspecified atom stereocenters. The van der Waals surface area contributed by atoms with Crippen LogP contribution in [0.25, 0.3) is 0 Å². The topological polar surface area (TPSA) is 74.8 Å². The molecule has 9 nitrogen and oxygen atoms in total. The summed E-state index contributed by atoms with van der Waals surface area (Å²) in [6.07, 6.45) is 3.03. The molecule has 46 heavy (non-hydrogen) atoms. The van der Waals surface area contributed by atoms with Crippen LogP contribution in [-0.4, -0.2) is 106 Å². The van der Waals surface area contributed by atoms with Crippen LogP contribution in [0.3, 0.4) is 0 Å². The van der Waals surface area contributed by atoms with Crippen LogP contribution in [0.1, 0.15) is 57.2 Å². The van der Waals surface area contributed by atoms with Gasteiger partial charge in [0.05, 0.1) is 26.4 Å². The minimum Gasteiger partial charge on any atom is -0.494 e. The molecule has 2 fully saturated rings. The number of hydrogen-bond acceptors (Lipinski definition) is 7. The van der Waals surface area contributed by atoms with Gasteiger partial charge in [-0.2, -0.15) is 0 Å². The van der Waals surface area contributed by atoms with Crippen LogP contribution in [-0.2, 0) is 17.7 Å². The third-order valence-electron chi connectivity index (χ3n) is 9.15. The summed E-state index contributed by atoms with van der Waals surface area (Å²) >= 11 is 0. The van der Waals surface area contributed by atoms with Crippen molar-refractivity contribution in [2.75, 3.05) is 84.2 Å². The number of hydrogen-bond donors (Lipinski definition) is 0. The Morgan fingerprint density at radius 3 is 2.50 bits per heavy atom. The van der Waals surface area contributed by atoms with Gasteiger partial charge >= 0.3 is 0 Å². The lowest BCUT2D eigenvalue weighted by Gasteiger charge is -2.30. The molecule has 3 aliphatic heterocycles. The van der Waals surface area contributed by atoms with Gasteiger partial charge < -0.3 is 28.9 Å². The van der Waals surface area contributed by atoms with E-state index >= 15 is 0 Å². The molecule has 3 heterocycles. The molecule has 3 aromatic carbocycles. The van der Waals surface area contributed by atoms with E-state index in [2.05, 4.69) is 28.0 Å². The summed E-state index contributed by atoms with van der Waals surface area (Å²) in [6, 6.07) is 19.9. The maximum atomic E-state index is 14.1. The first-order valence-electron chi connectivity index (χ1n) is 16.7. The highest BCUT2D eigenvalue weighted by Crippen LogP contribution is 2.29. The molecule has 0 N–H and O–H groups in total. The Labute approximate surface area is 272 Å². The second kappa shape index (κ2) is 15.0. The highest BCUT2D eigenvalue weighted by molar-refractivity contribution is 5.95. The molecule has 2 bridgehead atoms. The van der Waals surface area contributed by atoms with Crippen molar-refractivity contribution in [2.45, 2.75) is 32.7 Å². The molecule has 3 aromatic rings. The van der Waals surface area contributed by atoms with Gasteiger partial charge in [-0.25, -0.2) is 0 Å². The van der Waals surface area contributed by atoms with Crippen molar-refractivity contribution < 1.29 is 23.8 Å². The number of nitrogens with zero attached hydrogens (tertiary/aromatic N) is 4. The average molecular weight is 627 g/mol. The molecule has 2 amide bonds. The van der Waals surface area contributed by atoms with Crippen LogP contribution < -0.4 is 14.4 Å². The van der Waals surface area contributed by atoms with E-state index in [1.54, 1.807) is 11.9 Å². The SMILES string of the molecule is CCOc1ccc(C(=O)N2CCOc3ccc(N4CCOCC4)cc3Cc3cccc(c3)C(=O)N(C)CC2)cc1CN1CCCC1. The maximum Gasteiger partial charge on any atom is 0.254 e. The lowest BCUT2D eigenvalue weighted by atomic mass is 10.0. The third-order valence-corrected chi connectivity index (χ3v) is 9.15. The predicted molar refractivity (Wildman–Crippen MR) is 179 cm³/mol. The van der Waals surface area contributed by atoms with E-state index < -0.39 is 0 Å². The Balaban J connectivity index is 1.27. The van der Waals surface area contributed by atoms with Crippen LogP contribution in [0.4, 0.5) is 5.69 Å². The zero-order chi connectivity index (χ0) is 31.9. The molecule has 0 aliphatic carbocycles. The Hall–Kier alpha value is -4.08. The van der Waals surface area contributed by atoms with Gasteiger partial charge in [0.15, 0.2) is 0 Å². The summed E-state index contributed by atoms with van der Waals surface area (Å²) in [5, 5.41) is 0. The Morgan fingerprint density at radius 1 is 0.870 bits per heavy atom. The summed E-state index contributed by atoms with van der Waals surface area (Å²) in [5.74, 6) is 1.49. The van der Waals surface area contributed by atoms with E-state index in [1.807, 2.05) is 54.3 Å². The molecule has 6 rings (SSSR count). The zero-order valence-electron chi connectivity index (χ0n) is 27.2. The van der Waals surface area contributed by atoms with Crippen LogP contribution in [0.2, 0.25) is 0 Å². The second-order valence-electron chi connectivity index (χ2n) is 12.4. The van der Waals surface area contributed by atoms with Crippen molar-refractivity contribution in [3.05, 3.63) is 88.5 Å². The number of amides is 2. The molecule has 3 aliphatic rings. The van der Waals surface area contributed by atoms with Gasteiger partial charge in [0.1, 0.15) is 18.1 Å². The van der Waals surface area contributed by atoms with Crippen LogP contribution in [0, 0.1) is 0 Å². The molecule has 0 atom stereocenters. The fourth-order valence-electron chi connectivity index (χ4n) is 6.57. The highest BCUT2D eigenvalue weighted by atomic mass is 16.5. The van der Waals surface area contributed by atoms with Gasteiger partial charge in [-0.05, 0) is 86.9 Å². The van der Waals surface area contributed by atoms with Gasteiger partial charge in [0.25, 0.3) is 11.8 Å².